The van der Waals surface area contributed by atoms with Gasteiger partial charge >= 0.3 is 5.97 Å². The summed E-state index contributed by atoms with van der Waals surface area (Å²) in [4.78, 5) is 23.1. The number of carbonyl (C=O) groups is 2. The van der Waals surface area contributed by atoms with Crippen molar-refractivity contribution in [3.8, 4) is 0 Å². The van der Waals surface area contributed by atoms with Crippen molar-refractivity contribution in [2.45, 2.75) is 44.1 Å². The second-order valence-electron chi connectivity index (χ2n) is 6.43. The van der Waals surface area contributed by atoms with Gasteiger partial charge in [0.05, 0.1) is 12.0 Å². The fourth-order valence-electron chi connectivity index (χ4n) is 3.25. The van der Waals surface area contributed by atoms with Crippen LogP contribution in [0.5, 0.6) is 0 Å². The monoisotopic (exact) mass is 311 g/mol. The number of hydrogen-bond donors (Lipinski definition) is 2. The van der Waals surface area contributed by atoms with Crippen molar-refractivity contribution in [2.75, 3.05) is 0 Å². The number of benzene rings is 2. The van der Waals surface area contributed by atoms with Crippen LogP contribution in [0.1, 0.15) is 37.7 Å². The van der Waals surface area contributed by atoms with E-state index in [2.05, 4.69) is 29.6 Å². The SMILES string of the molecule is O=C(O)CC1(NC(=O)CCc2ccc3ccccc3c2)CCC1. The van der Waals surface area contributed by atoms with Crippen LogP contribution in [-0.4, -0.2) is 22.5 Å². The van der Waals surface area contributed by atoms with Gasteiger partial charge in [-0.3, -0.25) is 9.59 Å². The summed E-state index contributed by atoms with van der Waals surface area (Å²) in [5.41, 5.74) is 0.617. The Hall–Kier alpha value is -2.36. The Balaban J connectivity index is 1.58. The Kier molecular flexibility index (Phi) is 4.33. The van der Waals surface area contributed by atoms with Gasteiger partial charge in [0, 0.05) is 6.42 Å². The minimum Gasteiger partial charge on any atom is -0.481 e. The molecule has 4 nitrogen and oxygen atoms in total. The fourth-order valence-corrected chi connectivity index (χ4v) is 3.25. The second-order valence-corrected chi connectivity index (χ2v) is 6.43. The van der Waals surface area contributed by atoms with Gasteiger partial charge in [-0.05, 0) is 42.0 Å². The minimum atomic E-state index is -0.848. The van der Waals surface area contributed by atoms with Crippen LogP contribution in [0, 0.1) is 0 Å². The molecule has 1 aliphatic carbocycles. The maximum atomic E-state index is 12.2. The van der Waals surface area contributed by atoms with Crippen LogP contribution in [0.4, 0.5) is 0 Å². The third-order valence-electron chi connectivity index (χ3n) is 4.66. The smallest absolute Gasteiger partial charge is 0.305 e. The van der Waals surface area contributed by atoms with Crippen molar-refractivity contribution in [2.24, 2.45) is 0 Å². The molecule has 0 aromatic heterocycles. The summed E-state index contributed by atoms with van der Waals surface area (Å²) in [5.74, 6) is -0.904. The largest absolute Gasteiger partial charge is 0.481 e. The van der Waals surface area contributed by atoms with Crippen LogP contribution in [0.2, 0.25) is 0 Å². The van der Waals surface area contributed by atoms with Gasteiger partial charge in [-0.1, -0.05) is 42.5 Å². The van der Waals surface area contributed by atoms with Gasteiger partial charge in [0.15, 0.2) is 0 Å². The molecule has 2 aromatic rings. The van der Waals surface area contributed by atoms with Crippen LogP contribution < -0.4 is 5.32 Å². The van der Waals surface area contributed by atoms with E-state index >= 15 is 0 Å². The number of fused-ring (bicyclic) bond motifs is 1. The van der Waals surface area contributed by atoms with E-state index in [0.717, 1.165) is 24.8 Å². The van der Waals surface area contributed by atoms with Gasteiger partial charge in [0.2, 0.25) is 5.91 Å². The molecular weight excluding hydrogens is 290 g/mol. The highest BCUT2D eigenvalue weighted by molar-refractivity contribution is 5.83. The summed E-state index contributed by atoms with van der Waals surface area (Å²) < 4.78 is 0. The molecule has 120 valence electrons. The molecule has 0 saturated heterocycles. The zero-order valence-electron chi connectivity index (χ0n) is 13.0. The molecule has 2 aromatic carbocycles. The predicted octanol–water partition coefficient (Wildman–Crippen LogP) is 3.29. The molecule has 0 radical (unpaired) electrons. The molecule has 1 amide bonds. The molecule has 0 atom stereocenters. The Morgan fingerprint density at radius 1 is 1.09 bits per heavy atom. The molecule has 1 saturated carbocycles. The molecule has 0 spiro atoms. The van der Waals surface area contributed by atoms with E-state index in [0.29, 0.717) is 12.8 Å². The van der Waals surface area contributed by atoms with E-state index in [1.807, 2.05) is 18.2 Å². The number of amides is 1. The lowest BCUT2D eigenvalue weighted by atomic mass is 9.74. The standard InChI is InChI=1S/C19H21NO3/c21-17(20-19(10-3-11-19)13-18(22)23)9-7-14-6-8-15-4-1-2-5-16(15)12-14/h1-2,4-6,8,12H,3,7,9-11,13H2,(H,20,21)(H,22,23). The quantitative estimate of drug-likeness (QED) is 0.860. The third kappa shape index (κ3) is 3.70. The number of carboxylic acid groups (broad SMARTS) is 1. The highest BCUT2D eigenvalue weighted by Gasteiger charge is 2.40. The second kappa shape index (κ2) is 6.41. The lowest BCUT2D eigenvalue weighted by Crippen LogP contribution is -2.54. The molecule has 0 aliphatic heterocycles. The number of aliphatic carboxylic acids is 1. The van der Waals surface area contributed by atoms with Crippen molar-refractivity contribution in [1.29, 1.82) is 0 Å². The topological polar surface area (TPSA) is 66.4 Å². The molecular formula is C19H21NO3. The fraction of sp³-hybridized carbons (Fsp3) is 0.368. The normalized spacial score (nSPS) is 15.8. The van der Waals surface area contributed by atoms with Crippen molar-refractivity contribution in [3.05, 3.63) is 48.0 Å². The number of nitrogens with one attached hydrogen (secondary N) is 1. The molecule has 2 N–H and O–H groups in total. The van der Waals surface area contributed by atoms with Crippen molar-refractivity contribution in [3.63, 3.8) is 0 Å². The summed E-state index contributed by atoms with van der Waals surface area (Å²) in [6.45, 7) is 0. The Morgan fingerprint density at radius 3 is 2.48 bits per heavy atom. The molecule has 1 fully saturated rings. The zero-order chi connectivity index (χ0) is 16.3. The van der Waals surface area contributed by atoms with E-state index in [1.165, 1.54) is 10.8 Å². The third-order valence-corrected chi connectivity index (χ3v) is 4.66. The molecule has 1 aliphatic rings. The lowest BCUT2D eigenvalue weighted by molar-refractivity contribution is -0.140. The van der Waals surface area contributed by atoms with Gasteiger partial charge in [0.1, 0.15) is 0 Å². The van der Waals surface area contributed by atoms with Gasteiger partial charge in [-0.25, -0.2) is 0 Å². The van der Waals surface area contributed by atoms with Crippen molar-refractivity contribution in [1.82, 2.24) is 5.32 Å². The maximum Gasteiger partial charge on any atom is 0.305 e. The first kappa shape index (κ1) is 15.5. The van der Waals surface area contributed by atoms with Gasteiger partial charge in [-0.15, -0.1) is 0 Å². The van der Waals surface area contributed by atoms with Crippen LogP contribution >= 0.6 is 0 Å². The molecule has 0 unspecified atom stereocenters. The van der Waals surface area contributed by atoms with Crippen molar-refractivity contribution >= 4 is 22.6 Å². The summed E-state index contributed by atoms with van der Waals surface area (Å²) in [5, 5.41) is 14.3. The van der Waals surface area contributed by atoms with E-state index < -0.39 is 11.5 Å². The number of rotatable bonds is 6. The van der Waals surface area contributed by atoms with E-state index in [1.54, 1.807) is 0 Å². The Bertz CT molecular complexity index is 734. The molecule has 0 heterocycles. The van der Waals surface area contributed by atoms with Crippen LogP contribution in [0.25, 0.3) is 10.8 Å². The maximum absolute atomic E-state index is 12.2. The van der Waals surface area contributed by atoms with Gasteiger partial charge < -0.3 is 10.4 Å². The van der Waals surface area contributed by atoms with E-state index in [4.69, 9.17) is 5.11 Å². The first-order chi connectivity index (χ1) is 11.1. The minimum absolute atomic E-state index is 0.0225. The van der Waals surface area contributed by atoms with Crippen LogP contribution in [0.3, 0.4) is 0 Å². The summed E-state index contributed by atoms with van der Waals surface area (Å²) in [6.07, 6.45) is 3.59. The van der Waals surface area contributed by atoms with Crippen molar-refractivity contribution < 1.29 is 14.7 Å². The van der Waals surface area contributed by atoms with Gasteiger partial charge in [-0.2, -0.15) is 0 Å². The van der Waals surface area contributed by atoms with Crippen LogP contribution in [0.15, 0.2) is 42.5 Å². The summed E-state index contributed by atoms with van der Waals surface area (Å²) >= 11 is 0. The molecule has 23 heavy (non-hydrogen) atoms. The average molecular weight is 311 g/mol. The lowest BCUT2D eigenvalue weighted by Gasteiger charge is -2.41. The highest BCUT2D eigenvalue weighted by atomic mass is 16.4. The number of carbonyl (C=O) groups excluding carboxylic acids is 1. The molecule has 3 rings (SSSR count). The van der Waals surface area contributed by atoms with E-state index in [9.17, 15) is 9.59 Å². The van der Waals surface area contributed by atoms with Gasteiger partial charge in [0.25, 0.3) is 0 Å². The number of carboxylic acids is 1. The molecule has 0 bridgehead atoms. The average Bonchev–Trinajstić information content (AvgIpc) is 2.50. The number of aryl methyl sites for hydroxylation is 1. The first-order valence-corrected chi connectivity index (χ1v) is 8.07. The predicted molar refractivity (Wildman–Crippen MR) is 89.2 cm³/mol. The first-order valence-electron chi connectivity index (χ1n) is 8.07. The Morgan fingerprint density at radius 2 is 1.83 bits per heavy atom. The highest BCUT2D eigenvalue weighted by Crippen LogP contribution is 2.35. The van der Waals surface area contributed by atoms with Crippen LogP contribution in [-0.2, 0) is 16.0 Å². The number of hydrogen-bond acceptors (Lipinski definition) is 2. The summed E-state index contributed by atoms with van der Waals surface area (Å²) in [6, 6.07) is 14.4. The zero-order valence-corrected chi connectivity index (χ0v) is 13.0. The molecule has 4 heteroatoms. The summed E-state index contributed by atoms with van der Waals surface area (Å²) in [7, 11) is 0. The van der Waals surface area contributed by atoms with E-state index in [-0.39, 0.29) is 12.3 Å². The Labute approximate surface area is 135 Å².